The molecule has 1 fully saturated rings. The fourth-order valence-corrected chi connectivity index (χ4v) is 3.31. The summed E-state index contributed by atoms with van der Waals surface area (Å²) in [6, 6.07) is 1.68. The number of esters is 1. The topological polar surface area (TPSA) is 81.4 Å². The van der Waals surface area contributed by atoms with Crippen molar-refractivity contribution in [3.63, 3.8) is 0 Å². The molecule has 1 saturated carbocycles. The van der Waals surface area contributed by atoms with Crippen molar-refractivity contribution in [3.8, 4) is 0 Å². The lowest BCUT2D eigenvalue weighted by molar-refractivity contribution is -0.141. The molecule has 0 atom stereocenters. The van der Waals surface area contributed by atoms with Gasteiger partial charge in [-0.25, -0.2) is 0 Å². The Hall–Kier alpha value is -1.50. The molecule has 1 N–H and O–H groups in total. The zero-order chi connectivity index (χ0) is 15.3. The summed E-state index contributed by atoms with van der Waals surface area (Å²) in [5.74, 6) is 2.52. The van der Waals surface area contributed by atoms with Crippen LogP contribution in [0.2, 0.25) is 0 Å². The molecule has 0 radical (unpaired) electrons. The van der Waals surface area contributed by atoms with Crippen LogP contribution in [0.4, 0.5) is 5.82 Å². The third kappa shape index (κ3) is 5.08. The minimum Gasteiger partial charge on any atom is -0.469 e. The highest BCUT2D eigenvalue weighted by molar-refractivity contribution is 7.99. The number of anilines is 1. The van der Waals surface area contributed by atoms with Crippen molar-refractivity contribution in [1.29, 1.82) is 0 Å². The number of carbonyl (C=O) groups excluding carboxylic acids is 2. The van der Waals surface area contributed by atoms with Gasteiger partial charge in [-0.15, -0.1) is 0 Å². The number of hydrogen-bond donors (Lipinski definition) is 1. The lowest BCUT2D eigenvalue weighted by Crippen LogP contribution is -2.15. The summed E-state index contributed by atoms with van der Waals surface area (Å²) in [6.45, 7) is 1.77. The molecule has 0 saturated heterocycles. The second-order valence-corrected chi connectivity index (χ2v) is 6.53. The number of carbonyl (C=O) groups is 2. The number of rotatable bonds is 8. The third-order valence-electron chi connectivity index (χ3n) is 3.48. The molecule has 1 aromatic rings. The van der Waals surface area contributed by atoms with Crippen LogP contribution in [0.5, 0.6) is 0 Å². The average Bonchev–Trinajstić information content (AvgIpc) is 3.09. The van der Waals surface area contributed by atoms with Gasteiger partial charge in [-0.2, -0.15) is 11.8 Å². The summed E-state index contributed by atoms with van der Waals surface area (Å²) in [5.41, 5.74) is 0.109. The van der Waals surface area contributed by atoms with Crippen LogP contribution in [0.1, 0.15) is 31.4 Å². The van der Waals surface area contributed by atoms with Gasteiger partial charge in [0.2, 0.25) is 5.91 Å². The third-order valence-corrected chi connectivity index (χ3v) is 4.79. The molecule has 0 spiro atoms. The average molecular weight is 312 g/mol. The molecule has 1 aromatic heterocycles. The fourth-order valence-electron chi connectivity index (χ4n) is 2.01. The van der Waals surface area contributed by atoms with E-state index < -0.39 is 0 Å². The van der Waals surface area contributed by atoms with Crippen molar-refractivity contribution in [2.45, 2.75) is 32.6 Å². The van der Waals surface area contributed by atoms with E-state index in [1.54, 1.807) is 24.8 Å². The summed E-state index contributed by atoms with van der Waals surface area (Å²) in [5, 5.41) is 6.40. The number of thioether (sulfide) groups is 1. The van der Waals surface area contributed by atoms with Crippen molar-refractivity contribution in [1.82, 2.24) is 5.16 Å². The number of ether oxygens (including phenoxy) is 1. The van der Waals surface area contributed by atoms with Crippen LogP contribution >= 0.6 is 11.8 Å². The highest BCUT2D eigenvalue weighted by Gasteiger charge is 2.44. The largest absolute Gasteiger partial charge is 0.469 e. The van der Waals surface area contributed by atoms with E-state index in [0.717, 1.165) is 24.3 Å². The highest BCUT2D eigenvalue weighted by Crippen LogP contribution is 2.51. The Bertz CT molecular complexity index is 511. The summed E-state index contributed by atoms with van der Waals surface area (Å²) < 4.78 is 9.59. The minimum absolute atomic E-state index is 0.0754. The fraction of sp³-hybridized carbons (Fsp3) is 0.643. The number of aryl methyl sites for hydroxylation is 1. The molecule has 1 heterocycles. The lowest BCUT2D eigenvalue weighted by Gasteiger charge is -2.12. The van der Waals surface area contributed by atoms with Gasteiger partial charge >= 0.3 is 5.97 Å². The summed E-state index contributed by atoms with van der Waals surface area (Å²) in [6.07, 6.45) is 3.05. The summed E-state index contributed by atoms with van der Waals surface area (Å²) in [7, 11) is 1.42. The van der Waals surface area contributed by atoms with E-state index in [-0.39, 0.29) is 17.3 Å². The highest BCUT2D eigenvalue weighted by atomic mass is 32.2. The van der Waals surface area contributed by atoms with Gasteiger partial charge < -0.3 is 14.6 Å². The predicted octanol–water partition coefficient (Wildman–Crippen LogP) is 2.39. The molecular weight excluding hydrogens is 292 g/mol. The molecule has 6 nitrogen and oxygen atoms in total. The van der Waals surface area contributed by atoms with Gasteiger partial charge in [0.05, 0.1) is 13.5 Å². The van der Waals surface area contributed by atoms with Gasteiger partial charge in [-0.1, -0.05) is 5.16 Å². The Labute approximate surface area is 128 Å². The van der Waals surface area contributed by atoms with Crippen LogP contribution in [0.25, 0.3) is 0 Å². The number of nitrogens with zero attached hydrogens (tertiary/aromatic N) is 1. The SMILES string of the molecule is COC(=O)CC1(CSCCC(=O)Nc2cc(C)on2)CC1. The van der Waals surface area contributed by atoms with Crippen molar-refractivity contribution in [3.05, 3.63) is 11.8 Å². The monoisotopic (exact) mass is 312 g/mol. The Balaban J connectivity index is 1.61. The normalized spacial score (nSPS) is 15.5. The van der Waals surface area contributed by atoms with Gasteiger partial charge in [0.25, 0.3) is 0 Å². The van der Waals surface area contributed by atoms with Crippen LogP contribution in [0, 0.1) is 12.3 Å². The maximum atomic E-state index is 11.7. The first-order valence-corrected chi connectivity index (χ1v) is 8.06. The first-order chi connectivity index (χ1) is 10.0. The quantitative estimate of drug-likeness (QED) is 0.586. The number of aromatic nitrogens is 1. The number of hydrogen-bond acceptors (Lipinski definition) is 6. The minimum atomic E-state index is -0.146. The smallest absolute Gasteiger partial charge is 0.306 e. The summed E-state index contributed by atoms with van der Waals surface area (Å²) >= 11 is 1.71. The second-order valence-electron chi connectivity index (χ2n) is 5.43. The van der Waals surface area contributed by atoms with Crippen LogP contribution in [-0.2, 0) is 14.3 Å². The van der Waals surface area contributed by atoms with Crippen LogP contribution in [-0.4, -0.2) is 35.6 Å². The van der Waals surface area contributed by atoms with Crippen LogP contribution < -0.4 is 5.32 Å². The van der Waals surface area contributed by atoms with E-state index in [2.05, 4.69) is 10.5 Å². The van der Waals surface area contributed by atoms with Gasteiger partial charge in [0.15, 0.2) is 5.82 Å². The molecular formula is C14H20N2O4S. The number of amides is 1. The summed E-state index contributed by atoms with van der Waals surface area (Å²) in [4.78, 5) is 23.0. The first-order valence-electron chi connectivity index (χ1n) is 6.91. The van der Waals surface area contributed by atoms with Crippen LogP contribution in [0.3, 0.4) is 0 Å². The molecule has 0 bridgehead atoms. The molecule has 0 unspecified atom stereocenters. The zero-order valence-corrected chi connectivity index (χ0v) is 13.1. The molecule has 0 aromatic carbocycles. The van der Waals surface area contributed by atoms with Crippen molar-refractivity contribution in [2.24, 2.45) is 5.41 Å². The molecule has 7 heteroatoms. The van der Waals surface area contributed by atoms with Crippen molar-refractivity contribution >= 4 is 29.5 Å². The number of nitrogens with one attached hydrogen (secondary N) is 1. The molecule has 0 aliphatic heterocycles. The van der Waals surface area contributed by atoms with Crippen molar-refractivity contribution in [2.75, 3.05) is 23.9 Å². The standard InChI is InChI=1S/C14H20N2O4S/c1-10-7-11(16-20-10)15-12(17)3-6-21-9-14(4-5-14)8-13(18)19-2/h7H,3-6,8-9H2,1-2H3,(H,15,16,17). The van der Waals surface area contributed by atoms with Gasteiger partial charge in [0, 0.05) is 18.2 Å². The molecule has 1 aliphatic rings. The Morgan fingerprint density at radius 3 is 2.86 bits per heavy atom. The van der Waals surface area contributed by atoms with Gasteiger partial charge in [-0.05, 0) is 30.9 Å². The molecule has 1 amide bonds. The van der Waals surface area contributed by atoms with E-state index >= 15 is 0 Å². The first kappa shape index (κ1) is 15.9. The van der Waals surface area contributed by atoms with E-state index in [9.17, 15) is 9.59 Å². The van der Waals surface area contributed by atoms with E-state index in [0.29, 0.717) is 24.4 Å². The molecule has 2 rings (SSSR count). The van der Waals surface area contributed by atoms with Crippen molar-refractivity contribution < 1.29 is 18.8 Å². The maximum Gasteiger partial charge on any atom is 0.306 e. The van der Waals surface area contributed by atoms with Gasteiger partial charge in [0.1, 0.15) is 5.76 Å². The van der Waals surface area contributed by atoms with Crippen LogP contribution in [0.15, 0.2) is 10.6 Å². The Kier molecular flexibility index (Phi) is 5.27. The predicted molar refractivity (Wildman–Crippen MR) is 80.1 cm³/mol. The molecule has 116 valence electrons. The molecule has 21 heavy (non-hydrogen) atoms. The van der Waals surface area contributed by atoms with E-state index in [4.69, 9.17) is 9.26 Å². The lowest BCUT2D eigenvalue weighted by atomic mass is 10.1. The Morgan fingerprint density at radius 1 is 1.52 bits per heavy atom. The molecule has 1 aliphatic carbocycles. The Morgan fingerprint density at radius 2 is 2.29 bits per heavy atom. The zero-order valence-electron chi connectivity index (χ0n) is 12.3. The number of methoxy groups -OCH3 is 1. The van der Waals surface area contributed by atoms with Gasteiger partial charge in [-0.3, -0.25) is 9.59 Å². The van der Waals surface area contributed by atoms with E-state index in [1.807, 2.05) is 0 Å². The second kappa shape index (κ2) is 6.98. The van der Waals surface area contributed by atoms with E-state index in [1.165, 1.54) is 7.11 Å². The maximum absolute atomic E-state index is 11.7.